The molecule has 3 aromatic rings. The molecule has 0 saturated heterocycles. The van der Waals surface area contributed by atoms with Crippen molar-refractivity contribution in [1.82, 2.24) is 9.55 Å². The Labute approximate surface area is 180 Å². The fourth-order valence-electron chi connectivity index (χ4n) is 2.82. The van der Waals surface area contributed by atoms with Crippen LogP contribution in [0.2, 0.25) is 0 Å². The molecule has 0 unspecified atom stereocenters. The predicted octanol–water partition coefficient (Wildman–Crippen LogP) is 4.23. The SMILES string of the molecule is COC(=O)c1sccc1NC(=O)CSc1nc2sc(C)c(C)c2c(=O)n1C(C)C. The molecule has 0 radical (unpaired) electrons. The summed E-state index contributed by atoms with van der Waals surface area (Å²) in [6.07, 6.45) is 0. The number of hydrogen-bond acceptors (Lipinski definition) is 8. The van der Waals surface area contributed by atoms with Gasteiger partial charge in [0.15, 0.2) is 5.16 Å². The van der Waals surface area contributed by atoms with E-state index in [9.17, 15) is 14.4 Å². The summed E-state index contributed by atoms with van der Waals surface area (Å²) in [4.78, 5) is 44.0. The average Bonchev–Trinajstić information content (AvgIpc) is 3.23. The lowest BCUT2D eigenvalue weighted by atomic mass is 10.2. The van der Waals surface area contributed by atoms with E-state index in [1.165, 1.54) is 41.5 Å². The van der Waals surface area contributed by atoms with E-state index in [-0.39, 0.29) is 23.3 Å². The number of nitrogens with zero attached hydrogens (tertiary/aromatic N) is 2. The molecule has 0 aromatic carbocycles. The molecule has 29 heavy (non-hydrogen) atoms. The van der Waals surface area contributed by atoms with Crippen LogP contribution in [0.4, 0.5) is 5.69 Å². The highest BCUT2D eigenvalue weighted by Gasteiger charge is 2.20. The lowest BCUT2D eigenvalue weighted by Crippen LogP contribution is -2.25. The Morgan fingerprint density at radius 3 is 2.72 bits per heavy atom. The number of ether oxygens (including phenoxy) is 1. The first-order chi connectivity index (χ1) is 13.7. The molecule has 0 bridgehead atoms. The van der Waals surface area contributed by atoms with Gasteiger partial charge in [-0.3, -0.25) is 14.2 Å². The first kappa shape index (κ1) is 21.5. The van der Waals surface area contributed by atoms with Crippen LogP contribution in [0.5, 0.6) is 0 Å². The number of anilines is 1. The largest absolute Gasteiger partial charge is 0.465 e. The molecule has 0 spiro atoms. The van der Waals surface area contributed by atoms with Crippen LogP contribution in [0.3, 0.4) is 0 Å². The maximum absolute atomic E-state index is 13.0. The van der Waals surface area contributed by atoms with Gasteiger partial charge in [-0.05, 0) is 44.7 Å². The molecule has 3 heterocycles. The third-order valence-corrected chi connectivity index (χ3v) is 7.31. The number of aromatic nitrogens is 2. The van der Waals surface area contributed by atoms with Crippen LogP contribution < -0.4 is 10.9 Å². The minimum absolute atomic E-state index is 0.0600. The summed E-state index contributed by atoms with van der Waals surface area (Å²) >= 11 is 3.89. The van der Waals surface area contributed by atoms with Crippen molar-refractivity contribution in [2.75, 3.05) is 18.2 Å². The molecule has 0 atom stereocenters. The van der Waals surface area contributed by atoms with Gasteiger partial charge in [-0.25, -0.2) is 9.78 Å². The van der Waals surface area contributed by atoms with Gasteiger partial charge >= 0.3 is 5.97 Å². The van der Waals surface area contributed by atoms with Gasteiger partial charge in [0.1, 0.15) is 9.71 Å². The zero-order chi connectivity index (χ0) is 21.3. The highest BCUT2D eigenvalue weighted by molar-refractivity contribution is 7.99. The zero-order valence-electron chi connectivity index (χ0n) is 16.7. The number of rotatable bonds is 6. The molecular weight excluding hydrogens is 430 g/mol. The van der Waals surface area contributed by atoms with Crippen molar-refractivity contribution in [3.8, 4) is 0 Å². The number of esters is 1. The smallest absolute Gasteiger partial charge is 0.350 e. The van der Waals surface area contributed by atoms with Gasteiger partial charge in [-0.2, -0.15) is 0 Å². The molecule has 10 heteroatoms. The van der Waals surface area contributed by atoms with Crippen LogP contribution in [0.25, 0.3) is 10.2 Å². The second-order valence-electron chi connectivity index (χ2n) is 6.62. The predicted molar refractivity (Wildman–Crippen MR) is 119 cm³/mol. The number of carbonyl (C=O) groups excluding carboxylic acids is 2. The second-order valence-corrected chi connectivity index (χ2v) is 9.68. The van der Waals surface area contributed by atoms with Gasteiger partial charge in [0.25, 0.3) is 5.56 Å². The molecule has 0 aliphatic heterocycles. The van der Waals surface area contributed by atoms with Crippen molar-refractivity contribution in [2.24, 2.45) is 0 Å². The van der Waals surface area contributed by atoms with Crippen LogP contribution in [0.15, 0.2) is 21.4 Å². The summed E-state index contributed by atoms with van der Waals surface area (Å²) in [5.41, 5.74) is 1.29. The van der Waals surface area contributed by atoms with Crippen LogP contribution >= 0.6 is 34.4 Å². The van der Waals surface area contributed by atoms with E-state index < -0.39 is 5.97 Å². The van der Waals surface area contributed by atoms with E-state index in [0.29, 0.717) is 25.9 Å². The third-order valence-electron chi connectivity index (χ3n) is 4.36. The summed E-state index contributed by atoms with van der Waals surface area (Å²) in [6.45, 7) is 7.74. The number of carbonyl (C=O) groups is 2. The summed E-state index contributed by atoms with van der Waals surface area (Å²) in [6, 6.07) is 1.57. The standard InChI is InChI=1S/C19H21N3O4S3/c1-9(2)22-17(24)14-10(3)11(4)29-16(14)21-19(22)28-8-13(23)20-12-6-7-27-15(12)18(25)26-5/h6-7,9H,8H2,1-5H3,(H,20,23). The zero-order valence-corrected chi connectivity index (χ0v) is 19.1. The Morgan fingerprint density at radius 1 is 1.34 bits per heavy atom. The first-order valence-electron chi connectivity index (χ1n) is 8.85. The summed E-state index contributed by atoms with van der Waals surface area (Å²) < 4.78 is 6.35. The lowest BCUT2D eigenvalue weighted by molar-refractivity contribution is -0.113. The topological polar surface area (TPSA) is 90.3 Å². The number of fused-ring (bicyclic) bond motifs is 1. The molecule has 1 amide bonds. The van der Waals surface area contributed by atoms with Crippen molar-refractivity contribution < 1.29 is 14.3 Å². The number of thiophene rings is 2. The Bertz CT molecular complexity index is 1140. The highest BCUT2D eigenvalue weighted by atomic mass is 32.2. The minimum Gasteiger partial charge on any atom is -0.465 e. The van der Waals surface area contributed by atoms with Crippen molar-refractivity contribution in [3.63, 3.8) is 0 Å². The van der Waals surface area contributed by atoms with Gasteiger partial charge in [0.2, 0.25) is 5.91 Å². The minimum atomic E-state index is -0.493. The summed E-state index contributed by atoms with van der Waals surface area (Å²) in [7, 11) is 1.30. The molecule has 3 rings (SSSR count). The second kappa shape index (κ2) is 8.68. The van der Waals surface area contributed by atoms with Crippen molar-refractivity contribution >= 4 is 62.2 Å². The maximum atomic E-state index is 13.0. The van der Waals surface area contributed by atoms with Gasteiger partial charge < -0.3 is 10.1 Å². The third kappa shape index (κ3) is 4.24. The molecule has 154 valence electrons. The van der Waals surface area contributed by atoms with E-state index in [4.69, 9.17) is 4.74 Å². The molecule has 1 N–H and O–H groups in total. The van der Waals surface area contributed by atoms with E-state index >= 15 is 0 Å². The molecule has 7 nitrogen and oxygen atoms in total. The number of thioether (sulfide) groups is 1. The number of nitrogens with one attached hydrogen (secondary N) is 1. The van der Waals surface area contributed by atoms with E-state index in [2.05, 4.69) is 10.3 Å². The maximum Gasteiger partial charge on any atom is 0.350 e. The fourth-order valence-corrected chi connectivity index (χ4v) is 5.58. The van der Waals surface area contributed by atoms with Crippen LogP contribution in [-0.4, -0.2) is 34.3 Å². The molecule has 0 saturated carbocycles. The van der Waals surface area contributed by atoms with Gasteiger partial charge in [0, 0.05) is 10.9 Å². The average molecular weight is 452 g/mol. The fraction of sp³-hybridized carbons (Fsp3) is 0.368. The van der Waals surface area contributed by atoms with E-state index in [0.717, 1.165) is 10.4 Å². The number of aryl methyl sites for hydroxylation is 2. The van der Waals surface area contributed by atoms with Crippen LogP contribution in [0.1, 0.15) is 40.0 Å². The van der Waals surface area contributed by atoms with Gasteiger partial charge in [0.05, 0.1) is 23.9 Å². The highest BCUT2D eigenvalue weighted by Crippen LogP contribution is 2.30. The first-order valence-corrected chi connectivity index (χ1v) is 11.5. The number of amides is 1. The Hall–Kier alpha value is -2.17. The van der Waals surface area contributed by atoms with Gasteiger partial charge in [-0.1, -0.05) is 11.8 Å². The molecule has 0 aliphatic carbocycles. The molecule has 0 fully saturated rings. The summed E-state index contributed by atoms with van der Waals surface area (Å²) in [5.74, 6) is -0.723. The molecule has 3 aromatic heterocycles. The van der Waals surface area contributed by atoms with Crippen molar-refractivity contribution in [1.29, 1.82) is 0 Å². The van der Waals surface area contributed by atoms with E-state index in [1.807, 2.05) is 27.7 Å². The molecular formula is C19H21N3O4S3. The van der Waals surface area contributed by atoms with Crippen LogP contribution in [-0.2, 0) is 9.53 Å². The normalized spacial score (nSPS) is 11.2. The van der Waals surface area contributed by atoms with Crippen molar-refractivity contribution in [3.05, 3.63) is 37.1 Å². The lowest BCUT2D eigenvalue weighted by Gasteiger charge is -2.15. The summed E-state index contributed by atoms with van der Waals surface area (Å²) in [5, 5.41) is 5.59. The molecule has 0 aliphatic rings. The van der Waals surface area contributed by atoms with Crippen molar-refractivity contribution in [2.45, 2.75) is 38.9 Å². The number of methoxy groups -OCH3 is 1. The Kier molecular flexibility index (Phi) is 6.45. The number of hydrogen-bond donors (Lipinski definition) is 1. The Morgan fingerprint density at radius 2 is 2.07 bits per heavy atom. The quantitative estimate of drug-likeness (QED) is 0.343. The monoisotopic (exact) mass is 451 g/mol. The van der Waals surface area contributed by atoms with E-state index in [1.54, 1.807) is 16.0 Å². The van der Waals surface area contributed by atoms with Gasteiger partial charge in [-0.15, -0.1) is 22.7 Å². The van der Waals surface area contributed by atoms with Crippen LogP contribution in [0, 0.1) is 13.8 Å². The Balaban J connectivity index is 1.84.